The van der Waals surface area contributed by atoms with Crippen molar-refractivity contribution in [1.82, 2.24) is 4.90 Å². The number of hydrogen-bond acceptors (Lipinski definition) is 4. The summed E-state index contributed by atoms with van der Waals surface area (Å²) >= 11 is 12.1. The van der Waals surface area contributed by atoms with Gasteiger partial charge in [0.2, 0.25) is 5.91 Å². The number of benzene rings is 2. The summed E-state index contributed by atoms with van der Waals surface area (Å²) in [4.78, 5) is 15.5. The number of ether oxygens (including phenoxy) is 1. The first-order chi connectivity index (χ1) is 15.0. The lowest BCUT2D eigenvalue weighted by molar-refractivity contribution is -0.121. The van der Waals surface area contributed by atoms with E-state index in [1.807, 2.05) is 4.90 Å². The van der Waals surface area contributed by atoms with Gasteiger partial charge in [-0.25, -0.2) is 4.39 Å². The first kappa shape index (κ1) is 22.5. The highest BCUT2D eigenvalue weighted by Crippen LogP contribution is 2.41. The van der Waals surface area contributed by atoms with E-state index in [1.165, 1.54) is 6.07 Å². The summed E-state index contributed by atoms with van der Waals surface area (Å²) in [6, 6.07) is 10.8. The summed E-state index contributed by atoms with van der Waals surface area (Å²) in [5.74, 6) is -0.963. The molecule has 2 N–H and O–H groups in total. The topological polar surface area (TPSA) is 61.8 Å². The second-order valence-electron chi connectivity index (χ2n) is 8.19. The van der Waals surface area contributed by atoms with E-state index < -0.39 is 17.8 Å². The van der Waals surface area contributed by atoms with Crippen molar-refractivity contribution in [2.24, 2.45) is 5.92 Å². The van der Waals surface area contributed by atoms with Gasteiger partial charge in [0.25, 0.3) is 0 Å². The van der Waals surface area contributed by atoms with E-state index in [0.717, 1.165) is 6.42 Å². The molecule has 2 aliphatic rings. The molecular formula is C23H25Cl2FN2O3. The molecule has 4 atom stereocenters. The first-order valence-corrected chi connectivity index (χ1v) is 11.2. The fourth-order valence-corrected chi connectivity index (χ4v) is 5.07. The summed E-state index contributed by atoms with van der Waals surface area (Å²) < 4.78 is 20.5. The number of halogens is 3. The summed E-state index contributed by atoms with van der Waals surface area (Å²) in [5, 5.41) is 13.5. The maximum Gasteiger partial charge on any atom is 0.242 e. The van der Waals surface area contributed by atoms with E-state index in [0.29, 0.717) is 42.5 Å². The van der Waals surface area contributed by atoms with Gasteiger partial charge in [0.1, 0.15) is 5.82 Å². The van der Waals surface area contributed by atoms with Crippen molar-refractivity contribution in [2.45, 2.75) is 30.8 Å². The Balaban J connectivity index is 1.68. The number of hydrogen-bond donors (Lipinski definition) is 2. The van der Waals surface area contributed by atoms with Gasteiger partial charge in [-0.2, -0.15) is 0 Å². The van der Waals surface area contributed by atoms with E-state index in [-0.39, 0.29) is 29.5 Å². The Kier molecular flexibility index (Phi) is 7.14. The molecule has 4 rings (SSSR count). The third kappa shape index (κ3) is 4.89. The lowest BCUT2D eigenvalue weighted by atomic mass is 9.89. The third-order valence-corrected chi connectivity index (χ3v) is 6.71. The molecule has 0 radical (unpaired) electrons. The van der Waals surface area contributed by atoms with Gasteiger partial charge < -0.3 is 15.2 Å². The Labute approximate surface area is 191 Å². The van der Waals surface area contributed by atoms with Crippen LogP contribution in [-0.4, -0.2) is 54.4 Å². The number of rotatable bonds is 6. The van der Waals surface area contributed by atoms with Crippen LogP contribution in [0.25, 0.3) is 0 Å². The van der Waals surface area contributed by atoms with E-state index in [4.69, 9.17) is 27.9 Å². The zero-order valence-corrected chi connectivity index (χ0v) is 18.5. The van der Waals surface area contributed by atoms with Gasteiger partial charge in [-0.3, -0.25) is 9.69 Å². The molecule has 2 aromatic carbocycles. The number of aliphatic hydroxyl groups is 1. The average Bonchev–Trinajstić information content (AvgIpc) is 3.38. The number of nitrogens with zero attached hydrogens (tertiary/aromatic N) is 1. The zero-order chi connectivity index (χ0) is 22.0. The molecule has 5 nitrogen and oxygen atoms in total. The Morgan fingerprint density at radius 3 is 2.77 bits per heavy atom. The molecule has 0 bridgehead atoms. The predicted octanol–water partition coefficient (Wildman–Crippen LogP) is 4.33. The van der Waals surface area contributed by atoms with Crippen molar-refractivity contribution in [3.63, 3.8) is 0 Å². The third-order valence-electron chi connectivity index (χ3n) is 6.18. The van der Waals surface area contributed by atoms with Crippen molar-refractivity contribution >= 4 is 34.8 Å². The molecule has 2 aliphatic heterocycles. The number of carbonyl (C=O) groups excluding carboxylic acids is 1. The van der Waals surface area contributed by atoms with E-state index in [1.54, 1.807) is 36.4 Å². The first-order valence-electron chi connectivity index (χ1n) is 10.4. The Bertz CT molecular complexity index is 939. The van der Waals surface area contributed by atoms with Gasteiger partial charge in [0.05, 0.1) is 24.3 Å². The summed E-state index contributed by atoms with van der Waals surface area (Å²) in [5.41, 5.74) is 0.960. The molecule has 3 unspecified atom stereocenters. The molecule has 2 saturated heterocycles. The number of anilines is 1. The van der Waals surface area contributed by atoms with E-state index >= 15 is 0 Å². The fraction of sp³-hybridized carbons (Fsp3) is 0.435. The van der Waals surface area contributed by atoms with Gasteiger partial charge in [-0.1, -0.05) is 41.4 Å². The quantitative estimate of drug-likeness (QED) is 0.664. The number of likely N-dealkylation sites (tertiary alicyclic amines) is 1. The van der Waals surface area contributed by atoms with Gasteiger partial charge in [-0.15, -0.1) is 0 Å². The Morgan fingerprint density at radius 2 is 2.06 bits per heavy atom. The fourth-order valence-electron chi connectivity index (χ4n) is 4.70. The highest BCUT2D eigenvalue weighted by Gasteiger charge is 2.47. The summed E-state index contributed by atoms with van der Waals surface area (Å²) in [7, 11) is 0. The van der Waals surface area contributed by atoms with Gasteiger partial charge in [0.15, 0.2) is 0 Å². The maximum absolute atomic E-state index is 15.0. The standard InChI is InChI=1S/C23H25Cl2FN2O3/c24-15-3-1-4-16(9-15)27-23(30)22-19(18-5-2-6-20(25)21(18)26)10-17(12-29)28(22)11-14-7-8-31-13-14/h1-6,9,14,17,19,22,29H,7-8,10-13H2,(H,27,30)/t14?,17-,19?,22?/m1/s1. The smallest absolute Gasteiger partial charge is 0.242 e. The van der Waals surface area contributed by atoms with Gasteiger partial charge in [-0.05, 0) is 48.6 Å². The highest BCUT2D eigenvalue weighted by molar-refractivity contribution is 6.31. The van der Waals surface area contributed by atoms with Crippen LogP contribution in [0, 0.1) is 11.7 Å². The predicted molar refractivity (Wildman–Crippen MR) is 119 cm³/mol. The van der Waals surface area contributed by atoms with Crippen LogP contribution in [0.5, 0.6) is 0 Å². The molecule has 166 valence electrons. The molecular weight excluding hydrogens is 442 g/mol. The largest absolute Gasteiger partial charge is 0.395 e. The Hall–Kier alpha value is -1.70. The molecule has 0 spiro atoms. The van der Waals surface area contributed by atoms with Crippen LogP contribution in [0.15, 0.2) is 42.5 Å². The van der Waals surface area contributed by atoms with Crippen molar-refractivity contribution in [2.75, 3.05) is 31.7 Å². The zero-order valence-electron chi connectivity index (χ0n) is 16.9. The van der Waals surface area contributed by atoms with Crippen LogP contribution in [0.2, 0.25) is 10.0 Å². The van der Waals surface area contributed by atoms with Gasteiger partial charge in [0, 0.05) is 35.8 Å². The second-order valence-corrected chi connectivity index (χ2v) is 9.04. The van der Waals surface area contributed by atoms with E-state index in [9.17, 15) is 14.3 Å². The van der Waals surface area contributed by atoms with Crippen LogP contribution in [0.1, 0.15) is 24.3 Å². The lowest BCUT2D eigenvalue weighted by Crippen LogP contribution is -2.48. The second kappa shape index (κ2) is 9.84. The minimum absolute atomic E-state index is 0.0229. The van der Waals surface area contributed by atoms with Gasteiger partial charge >= 0.3 is 0 Å². The van der Waals surface area contributed by atoms with Crippen LogP contribution < -0.4 is 5.32 Å². The van der Waals surface area contributed by atoms with Crippen LogP contribution in [0.4, 0.5) is 10.1 Å². The van der Waals surface area contributed by atoms with Crippen molar-refractivity contribution in [3.8, 4) is 0 Å². The maximum atomic E-state index is 15.0. The number of amides is 1. The normalized spacial score (nSPS) is 26.3. The summed E-state index contributed by atoms with van der Waals surface area (Å²) in [6.45, 7) is 1.78. The number of nitrogens with one attached hydrogen (secondary N) is 1. The molecule has 0 aromatic heterocycles. The average molecular weight is 467 g/mol. The molecule has 2 heterocycles. The molecule has 2 aromatic rings. The number of aliphatic hydroxyl groups excluding tert-OH is 1. The van der Waals surface area contributed by atoms with Crippen molar-refractivity contribution in [3.05, 3.63) is 63.9 Å². The molecule has 2 fully saturated rings. The van der Waals surface area contributed by atoms with E-state index in [2.05, 4.69) is 5.32 Å². The van der Waals surface area contributed by atoms with Crippen molar-refractivity contribution < 1.29 is 19.0 Å². The molecule has 8 heteroatoms. The molecule has 0 aliphatic carbocycles. The minimum atomic E-state index is -0.662. The van der Waals surface area contributed by atoms with Crippen molar-refractivity contribution in [1.29, 1.82) is 0 Å². The molecule has 0 saturated carbocycles. The lowest BCUT2D eigenvalue weighted by Gasteiger charge is -2.32. The summed E-state index contributed by atoms with van der Waals surface area (Å²) in [6.07, 6.45) is 1.35. The minimum Gasteiger partial charge on any atom is -0.395 e. The van der Waals surface area contributed by atoms with Crippen LogP contribution >= 0.6 is 23.2 Å². The van der Waals surface area contributed by atoms with Crippen LogP contribution in [-0.2, 0) is 9.53 Å². The monoisotopic (exact) mass is 466 g/mol. The highest BCUT2D eigenvalue weighted by atomic mass is 35.5. The molecule has 1 amide bonds. The SMILES string of the molecule is O=C(Nc1cccc(Cl)c1)C1C(c2cccc(Cl)c2F)C[C@H](CO)N1CC1CCOC1. The van der Waals surface area contributed by atoms with Crippen LogP contribution in [0.3, 0.4) is 0 Å². The Morgan fingerprint density at radius 1 is 1.26 bits per heavy atom. The molecule has 31 heavy (non-hydrogen) atoms. The number of carbonyl (C=O) groups is 1.